The van der Waals surface area contributed by atoms with E-state index >= 15 is 0 Å². The number of carbonyl (C=O) groups excluding carboxylic acids is 3. The van der Waals surface area contributed by atoms with Crippen molar-refractivity contribution in [3.63, 3.8) is 0 Å². The molecule has 0 spiro atoms. The molecule has 1 aromatic rings. The van der Waals surface area contributed by atoms with Gasteiger partial charge in [0.1, 0.15) is 12.1 Å². The molecule has 3 atom stereocenters. The predicted molar refractivity (Wildman–Crippen MR) is 145 cm³/mol. The number of hydrogen-bond donors (Lipinski definition) is 3. The summed E-state index contributed by atoms with van der Waals surface area (Å²) in [4.78, 5) is 40.9. The van der Waals surface area contributed by atoms with Gasteiger partial charge in [0.15, 0.2) is 9.84 Å². The molecule has 3 N–H and O–H groups in total. The number of nitrogens with one attached hydrogen (secondary N) is 3. The number of carbonyl (C=O) groups is 3. The third kappa shape index (κ3) is 9.32. The predicted octanol–water partition coefficient (Wildman–Crippen LogP) is 2.86. The lowest BCUT2D eigenvalue weighted by Gasteiger charge is -2.36. The summed E-state index contributed by atoms with van der Waals surface area (Å²) in [5.74, 6) is -0.991. The summed E-state index contributed by atoms with van der Waals surface area (Å²) in [6, 6.07) is 6.17. The van der Waals surface area contributed by atoms with Gasteiger partial charge in [0, 0.05) is 18.6 Å². The summed E-state index contributed by atoms with van der Waals surface area (Å²) in [7, 11) is -3.50. The molecule has 0 aliphatic carbocycles. The Labute approximate surface area is 222 Å². The Morgan fingerprint density at radius 2 is 1.62 bits per heavy atom. The Morgan fingerprint density at radius 1 is 1.00 bits per heavy atom. The van der Waals surface area contributed by atoms with Gasteiger partial charge in [0.25, 0.3) is 0 Å². The summed E-state index contributed by atoms with van der Waals surface area (Å²) in [6.45, 7) is 13.4. The summed E-state index contributed by atoms with van der Waals surface area (Å²) in [5.41, 5.74) is 0.0533. The van der Waals surface area contributed by atoms with Gasteiger partial charge < -0.3 is 20.9 Å². The molecule has 10 heteroatoms. The van der Waals surface area contributed by atoms with E-state index in [0.29, 0.717) is 24.9 Å². The molecule has 2 unspecified atom stereocenters. The number of nitrogens with zero attached hydrogens (tertiary/aromatic N) is 1. The maximum Gasteiger partial charge on any atom is 0.315 e. The highest BCUT2D eigenvalue weighted by atomic mass is 32.2. The SMILES string of the molecule is CC(C)NC(=O)[C@@H]1CCCN1C(=O)C(NC(=O)NC(CS(=O)(=O)Cc1ccccc1)C(C)C)C(C)(C)C. The van der Waals surface area contributed by atoms with Crippen LogP contribution in [-0.4, -0.2) is 67.6 Å². The van der Waals surface area contributed by atoms with Crippen molar-refractivity contribution in [1.29, 1.82) is 0 Å². The van der Waals surface area contributed by atoms with E-state index in [1.54, 1.807) is 29.2 Å². The average molecular weight is 537 g/mol. The normalized spacial score (nSPS) is 18.0. The molecule has 37 heavy (non-hydrogen) atoms. The molecule has 1 saturated heterocycles. The number of sulfone groups is 1. The molecular formula is C27H44N4O5S. The monoisotopic (exact) mass is 536 g/mol. The second-order valence-corrected chi connectivity index (χ2v) is 13.8. The zero-order valence-corrected chi connectivity index (χ0v) is 24.0. The first-order valence-corrected chi connectivity index (χ1v) is 14.8. The van der Waals surface area contributed by atoms with E-state index in [1.165, 1.54) is 0 Å². The molecule has 4 amide bonds. The fourth-order valence-corrected chi connectivity index (χ4v) is 6.23. The second kappa shape index (κ2) is 12.8. The van der Waals surface area contributed by atoms with Gasteiger partial charge in [0.05, 0.1) is 11.5 Å². The molecule has 2 rings (SSSR count). The quantitative estimate of drug-likeness (QED) is 0.424. The van der Waals surface area contributed by atoms with Crippen molar-refractivity contribution in [2.75, 3.05) is 12.3 Å². The van der Waals surface area contributed by atoms with E-state index < -0.39 is 39.4 Å². The van der Waals surface area contributed by atoms with Gasteiger partial charge in [-0.05, 0) is 43.6 Å². The summed E-state index contributed by atoms with van der Waals surface area (Å²) in [5, 5.41) is 8.45. The van der Waals surface area contributed by atoms with Crippen LogP contribution >= 0.6 is 0 Å². The van der Waals surface area contributed by atoms with Crippen LogP contribution in [0.15, 0.2) is 30.3 Å². The number of benzene rings is 1. The molecule has 1 heterocycles. The maximum atomic E-state index is 13.6. The lowest BCUT2D eigenvalue weighted by atomic mass is 9.85. The molecule has 0 radical (unpaired) electrons. The highest BCUT2D eigenvalue weighted by molar-refractivity contribution is 7.90. The van der Waals surface area contributed by atoms with Crippen molar-refractivity contribution in [2.24, 2.45) is 11.3 Å². The number of rotatable bonds is 10. The largest absolute Gasteiger partial charge is 0.352 e. The van der Waals surface area contributed by atoms with Gasteiger partial charge in [-0.25, -0.2) is 13.2 Å². The molecule has 1 aliphatic heterocycles. The molecule has 0 bridgehead atoms. The van der Waals surface area contributed by atoms with E-state index in [-0.39, 0.29) is 35.3 Å². The molecular weight excluding hydrogens is 492 g/mol. The van der Waals surface area contributed by atoms with Crippen molar-refractivity contribution >= 4 is 27.7 Å². The zero-order valence-electron chi connectivity index (χ0n) is 23.2. The van der Waals surface area contributed by atoms with Crippen LogP contribution < -0.4 is 16.0 Å². The van der Waals surface area contributed by atoms with Crippen molar-refractivity contribution in [1.82, 2.24) is 20.9 Å². The average Bonchev–Trinajstić information content (AvgIpc) is 3.25. The van der Waals surface area contributed by atoms with Crippen LogP contribution in [0.5, 0.6) is 0 Å². The van der Waals surface area contributed by atoms with Crippen molar-refractivity contribution in [3.8, 4) is 0 Å². The fourth-order valence-electron chi connectivity index (χ4n) is 4.40. The first-order valence-electron chi connectivity index (χ1n) is 13.0. The third-order valence-corrected chi connectivity index (χ3v) is 8.08. The van der Waals surface area contributed by atoms with Crippen LogP contribution in [0.1, 0.15) is 66.9 Å². The first-order chi connectivity index (χ1) is 17.1. The molecule has 1 fully saturated rings. The Bertz CT molecular complexity index is 1030. The van der Waals surface area contributed by atoms with Crippen LogP contribution in [0.2, 0.25) is 0 Å². The van der Waals surface area contributed by atoms with Crippen molar-refractivity contribution in [3.05, 3.63) is 35.9 Å². The van der Waals surface area contributed by atoms with Crippen LogP contribution in [-0.2, 0) is 25.2 Å². The Morgan fingerprint density at radius 3 is 2.16 bits per heavy atom. The number of amides is 4. The lowest BCUT2D eigenvalue weighted by molar-refractivity contribution is -0.142. The number of urea groups is 1. The second-order valence-electron chi connectivity index (χ2n) is 11.7. The summed E-state index contributed by atoms with van der Waals surface area (Å²) in [6.07, 6.45) is 1.28. The van der Waals surface area contributed by atoms with Crippen LogP contribution in [0.3, 0.4) is 0 Å². The van der Waals surface area contributed by atoms with E-state index in [0.717, 1.165) is 0 Å². The zero-order chi connectivity index (χ0) is 28.0. The Balaban J connectivity index is 2.13. The molecule has 0 saturated carbocycles. The maximum absolute atomic E-state index is 13.6. The highest BCUT2D eigenvalue weighted by Crippen LogP contribution is 2.26. The topological polar surface area (TPSA) is 125 Å². The highest BCUT2D eigenvalue weighted by Gasteiger charge is 2.42. The minimum atomic E-state index is -3.50. The van der Waals surface area contributed by atoms with Crippen LogP contribution in [0.4, 0.5) is 4.79 Å². The molecule has 208 valence electrons. The molecule has 0 aromatic heterocycles. The lowest BCUT2D eigenvalue weighted by Crippen LogP contribution is -2.60. The smallest absolute Gasteiger partial charge is 0.315 e. The summed E-state index contributed by atoms with van der Waals surface area (Å²) < 4.78 is 25.7. The number of likely N-dealkylation sites (tertiary alicyclic amines) is 1. The first kappa shape index (κ1) is 30.6. The van der Waals surface area contributed by atoms with Crippen molar-refractivity contribution in [2.45, 2.75) is 91.2 Å². The van der Waals surface area contributed by atoms with Gasteiger partial charge in [-0.3, -0.25) is 9.59 Å². The Kier molecular flexibility index (Phi) is 10.6. The fraction of sp³-hybridized carbons (Fsp3) is 0.667. The molecule has 1 aliphatic rings. The van der Waals surface area contributed by atoms with Gasteiger partial charge in [0.2, 0.25) is 11.8 Å². The molecule has 1 aromatic carbocycles. The summed E-state index contributed by atoms with van der Waals surface area (Å²) >= 11 is 0. The third-order valence-electron chi connectivity index (χ3n) is 6.44. The van der Waals surface area contributed by atoms with E-state index in [2.05, 4.69) is 16.0 Å². The standard InChI is InChI=1S/C27H44N4O5S/c1-18(2)21(17-37(35,36)16-20-12-9-8-10-13-20)29-26(34)30-23(27(5,6)7)25(33)31-15-11-14-22(31)24(32)28-19(3)4/h8-10,12-13,18-19,21-23H,11,14-17H2,1-7H3,(H,28,32)(H2,29,30,34)/t21?,22-,23?/m0/s1. The minimum absolute atomic E-state index is 0.0431. The van der Waals surface area contributed by atoms with Gasteiger partial charge >= 0.3 is 6.03 Å². The van der Waals surface area contributed by atoms with Gasteiger partial charge in [-0.15, -0.1) is 0 Å². The Hall–Kier alpha value is -2.62. The molecule has 9 nitrogen and oxygen atoms in total. The van der Waals surface area contributed by atoms with Gasteiger partial charge in [-0.1, -0.05) is 65.0 Å². The van der Waals surface area contributed by atoms with Crippen LogP contribution in [0, 0.1) is 11.3 Å². The van der Waals surface area contributed by atoms with Gasteiger partial charge in [-0.2, -0.15) is 0 Å². The van der Waals surface area contributed by atoms with E-state index in [4.69, 9.17) is 0 Å². The van der Waals surface area contributed by atoms with E-state index in [9.17, 15) is 22.8 Å². The van der Waals surface area contributed by atoms with E-state index in [1.807, 2.05) is 54.5 Å². The van der Waals surface area contributed by atoms with Crippen LogP contribution in [0.25, 0.3) is 0 Å². The minimum Gasteiger partial charge on any atom is -0.352 e. The number of hydrogen-bond acceptors (Lipinski definition) is 5. The van der Waals surface area contributed by atoms with Crippen molar-refractivity contribution < 1.29 is 22.8 Å².